The summed E-state index contributed by atoms with van der Waals surface area (Å²) in [5, 5.41) is 2.00. The Morgan fingerprint density at radius 1 is 1.33 bits per heavy atom. The summed E-state index contributed by atoms with van der Waals surface area (Å²) < 4.78 is 1.27. The molecule has 1 nitrogen and oxygen atoms in total. The molecule has 1 aromatic heterocycles. The van der Waals surface area contributed by atoms with E-state index in [0.717, 1.165) is 15.9 Å². The van der Waals surface area contributed by atoms with Crippen molar-refractivity contribution in [2.24, 2.45) is 0 Å². The quantitative estimate of drug-likeness (QED) is 0.731. The number of hydrogen-bond donors (Lipinski definition) is 0. The summed E-state index contributed by atoms with van der Waals surface area (Å²) in [6, 6.07) is 8.19. The lowest BCUT2D eigenvalue weighted by Gasteiger charge is -1.80. The molecule has 4 heteroatoms. The lowest BCUT2D eigenvalue weighted by atomic mass is 10.3. The second-order valence-electron chi connectivity index (χ2n) is 2.21. The second-order valence-corrected chi connectivity index (χ2v) is 3.88. The Morgan fingerprint density at radius 2 is 2.08 bits per heavy atom. The van der Waals surface area contributed by atoms with Crippen LogP contribution in [-0.2, 0) is 5.33 Å². The van der Waals surface area contributed by atoms with Gasteiger partial charge in [-0.3, -0.25) is 0 Å². The Hall–Kier alpha value is 0.0700. The predicted molar refractivity (Wildman–Crippen MR) is 62.6 cm³/mol. The number of rotatable bonds is 1. The monoisotopic (exact) mass is 307 g/mol. The van der Waals surface area contributed by atoms with Crippen LogP contribution in [0.4, 0.5) is 0 Å². The number of benzene rings is 1. The molecule has 0 unspecified atom stereocenters. The molecular weight excluding hydrogens is 302 g/mol. The minimum absolute atomic E-state index is 0. The molecular formula is C8H7Br2NS. The van der Waals surface area contributed by atoms with Crippen LogP contribution in [0, 0.1) is 0 Å². The Labute approximate surface area is 93.7 Å². The molecule has 0 spiro atoms. The molecule has 1 aromatic carbocycles. The zero-order valence-corrected chi connectivity index (χ0v) is 10.3. The lowest BCUT2D eigenvalue weighted by molar-refractivity contribution is 1.32. The van der Waals surface area contributed by atoms with Gasteiger partial charge in [-0.25, -0.2) is 4.98 Å². The van der Waals surface area contributed by atoms with Gasteiger partial charge in [-0.05, 0) is 12.1 Å². The van der Waals surface area contributed by atoms with Crippen LogP contribution in [0.5, 0.6) is 0 Å². The zero-order chi connectivity index (χ0) is 7.68. The van der Waals surface area contributed by atoms with E-state index in [9.17, 15) is 0 Å². The van der Waals surface area contributed by atoms with E-state index < -0.39 is 0 Å². The Balaban J connectivity index is 0.000000720. The maximum Gasteiger partial charge on any atom is 0.104 e. The smallest absolute Gasteiger partial charge is 0.104 e. The maximum atomic E-state index is 4.40. The van der Waals surface area contributed by atoms with Gasteiger partial charge in [0.1, 0.15) is 5.01 Å². The standard InChI is InChI=1S/C8H6BrNS.BrH/c9-5-8-10-6-3-1-2-4-7(6)11-8;/h1-4H,5H2;1H. The van der Waals surface area contributed by atoms with Gasteiger partial charge >= 0.3 is 0 Å². The molecule has 2 aromatic rings. The molecule has 64 valence electrons. The van der Waals surface area contributed by atoms with Crippen LogP contribution < -0.4 is 0 Å². The molecule has 2 rings (SSSR count). The van der Waals surface area contributed by atoms with Gasteiger partial charge in [-0.1, -0.05) is 28.1 Å². The Kier molecular flexibility index (Phi) is 3.68. The highest BCUT2D eigenvalue weighted by atomic mass is 79.9. The van der Waals surface area contributed by atoms with Crippen LogP contribution in [0.1, 0.15) is 5.01 Å². The van der Waals surface area contributed by atoms with Crippen LogP contribution in [-0.4, -0.2) is 4.98 Å². The minimum Gasteiger partial charge on any atom is -0.240 e. The molecule has 0 N–H and O–H groups in total. The van der Waals surface area contributed by atoms with E-state index in [1.807, 2.05) is 18.2 Å². The fraction of sp³-hybridized carbons (Fsp3) is 0.125. The third-order valence-electron chi connectivity index (χ3n) is 1.45. The van der Waals surface area contributed by atoms with E-state index in [2.05, 4.69) is 27.0 Å². The van der Waals surface area contributed by atoms with Crippen LogP contribution in [0.15, 0.2) is 24.3 Å². The Bertz CT molecular complexity index is 339. The van der Waals surface area contributed by atoms with Crippen LogP contribution >= 0.6 is 44.2 Å². The van der Waals surface area contributed by atoms with Crippen molar-refractivity contribution in [3.8, 4) is 0 Å². The molecule has 0 radical (unpaired) electrons. The number of nitrogens with zero attached hydrogens (tertiary/aromatic N) is 1. The number of para-hydroxylation sites is 1. The largest absolute Gasteiger partial charge is 0.240 e. The molecule has 0 saturated carbocycles. The molecule has 0 saturated heterocycles. The Morgan fingerprint density at radius 3 is 2.75 bits per heavy atom. The van der Waals surface area contributed by atoms with E-state index in [4.69, 9.17) is 0 Å². The number of alkyl halides is 1. The first-order valence-electron chi connectivity index (χ1n) is 3.30. The first kappa shape index (κ1) is 10.2. The van der Waals surface area contributed by atoms with Crippen molar-refractivity contribution in [1.29, 1.82) is 0 Å². The number of hydrogen-bond acceptors (Lipinski definition) is 2. The van der Waals surface area contributed by atoms with Crippen molar-refractivity contribution in [2.45, 2.75) is 5.33 Å². The van der Waals surface area contributed by atoms with Crippen LogP contribution in [0.2, 0.25) is 0 Å². The van der Waals surface area contributed by atoms with Crippen molar-refractivity contribution in [2.75, 3.05) is 0 Å². The van der Waals surface area contributed by atoms with Crippen molar-refractivity contribution in [3.63, 3.8) is 0 Å². The summed E-state index contributed by atoms with van der Waals surface area (Å²) >= 11 is 5.12. The predicted octanol–water partition coefficient (Wildman–Crippen LogP) is 3.77. The van der Waals surface area contributed by atoms with Gasteiger partial charge in [0.25, 0.3) is 0 Å². The van der Waals surface area contributed by atoms with Gasteiger partial charge in [0.05, 0.1) is 15.5 Å². The molecule has 0 atom stereocenters. The van der Waals surface area contributed by atoms with E-state index in [1.165, 1.54) is 4.70 Å². The second kappa shape index (κ2) is 4.35. The van der Waals surface area contributed by atoms with E-state index in [0.29, 0.717) is 0 Å². The molecule has 12 heavy (non-hydrogen) atoms. The molecule has 0 amide bonds. The molecule has 1 heterocycles. The first-order chi connectivity index (χ1) is 5.40. The fourth-order valence-corrected chi connectivity index (χ4v) is 2.26. The average molecular weight is 309 g/mol. The number of aromatic nitrogens is 1. The summed E-state index contributed by atoms with van der Waals surface area (Å²) in [7, 11) is 0. The number of halogens is 2. The van der Waals surface area contributed by atoms with Crippen molar-refractivity contribution >= 4 is 54.5 Å². The van der Waals surface area contributed by atoms with Crippen molar-refractivity contribution in [3.05, 3.63) is 29.3 Å². The highest BCUT2D eigenvalue weighted by Gasteiger charge is 1.99. The maximum absolute atomic E-state index is 4.40. The molecule has 0 aliphatic carbocycles. The molecule has 0 aliphatic rings. The normalized spacial score (nSPS) is 9.75. The number of fused-ring (bicyclic) bond motifs is 1. The summed E-state index contributed by atoms with van der Waals surface area (Å²) in [4.78, 5) is 4.40. The lowest BCUT2D eigenvalue weighted by Crippen LogP contribution is -1.70. The topological polar surface area (TPSA) is 12.9 Å². The van der Waals surface area contributed by atoms with Crippen LogP contribution in [0.3, 0.4) is 0 Å². The highest BCUT2D eigenvalue weighted by molar-refractivity contribution is 9.08. The van der Waals surface area contributed by atoms with E-state index in [1.54, 1.807) is 11.3 Å². The van der Waals surface area contributed by atoms with Gasteiger partial charge in [0.2, 0.25) is 0 Å². The van der Waals surface area contributed by atoms with E-state index >= 15 is 0 Å². The third kappa shape index (κ3) is 1.87. The van der Waals surface area contributed by atoms with Gasteiger partial charge in [-0.2, -0.15) is 0 Å². The van der Waals surface area contributed by atoms with Gasteiger partial charge in [0, 0.05) is 0 Å². The van der Waals surface area contributed by atoms with Crippen molar-refractivity contribution in [1.82, 2.24) is 4.98 Å². The zero-order valence-electron chi connectivity index (χ0n) is 6.16. The minimum atomic E-state index is 0. The van der Waals surface area contributed by atoms with Crippen molar-refractivity contribution < 1.29 is 0 Å². The molecule has 0 bridgehead atoms. The average Bonchev–Trinajstić information content (AvgIpc) is 2.46. The summed E-state index contributed by atoms with van der Waals surface area (Å²) in [5.41, 5.74) is 1.10. The molecule has 0 aliphatic heterocycles. The SMILES string of the molecule is Br.BrCc1nc2ccccc2s1. The summed E-state index contributed by atoms with van der Waals surface area (Å²) in [6.45, 7) is 0. The van der Waals surface area contributed by atoms with E-state index in [-0.39, 0.29) is 17.0 Å². The van der Waals surface area contributed by atoms with Gasteiger partial charge in [-0.15, -0.1) is 28.3 Å². The summed E-state index contributed by atoms with van der Waals surface area (Å²) in [6.07, 6.45) is 0. The van der Waals surface area contributed by atoms with Crippen LogP contribution in [0.25, 0.3) is 10.2 Å². The molecule has 0 fully saturated rings. The highest BCUT2D eigenvalue weighted by Crippen LogP contribution is 2.22. The summed E-state index contributed by atoms with van der Waals surface area (Å²) in [5.74, 6) is 0. The third-order valence-corrected chi connectivity index (χ3v) is 3.39. The van der Waals surface area contributed by atoms with Gasteiger partial charge < -0.3 is 0 Å². The van der Waals surface area contributed by atoms with Gasteiger partial charge in [0.15, 0.2) is 0 Å². The number of thiazole rings is 1. The fourth-order valence-electron chi connectivity index (χ4n) is 0.977. The first-order valence-corrected chi connectivity index (χ1v) is 5.24.